The van der Waals surface area contributed by atoms with Crippen LogP contribution >= 0.6 is 0 Å². The lowest BCUT2D eigenvalue weighted by atomic mass is 10.0. The van der Waals surface area contributed by atoms with Crippen LogP contribution in [0.4, 0.5) is 0 Å². The van der Waals surface area contributed by atoms with Crippen molar-refractivity contribution in [2.75, 3.05) is 13.1 Å². The third kappa shape index (κ3) is 11.6. The van der Waals surface area contributed by atoms with E-state index in [0.717, 1.165) is 16.5 Å². The molecule has 1 aromatic heterocycles. The topological polar surface area (TPSA) is 294 Å². The van der Waals surface area contributed by atoms with E-state index in [2.05, 4.69) is 25.9 Å². The van der Waals surface area contributed by atoms with E-state index in [1.807, 2.05) is 24.3 Å². The zero-order valence-electron chi connectivity index (χ0n) is 23.8. The Labute approximate surface area is 248 Å². The van der Waals surface area contributed by atoms with Crippen LogP contribution in [0.5, 0.6) is 0 Å². The highest BCUT2D eigenvalue weighted by atomic mass is 16.4. The SMILES string of the molecule is NCCCCC(NC(=O)C(N)Cc1c[nH]c2ccccc12)C(=O)NC(CCCN=C(N)N)C(=O)NC(CC(=O)O)C(=O)O. The first-order valence-corrected chi connectivity index (χ1v) is 13.8. The molecule has 0 spiro atoms. The van der Waals surface area contributed by atoms with Crippen LogP contribution in [-0.2, 0) is 30.4 Å². The molecule has 16 nitrogen and oxygen atoms in total. The van der Waals surface area contributed by atoms with Crippen molar-refractivity contribution in [2.45, 2.75) is 69.1 Å². The zero-order valence-corrected chi connectivity index (χ0v) is 23.8. The van der Waals surface area contributed by atoms with Gasteiger partial charge in [-0.15, -0.1) is 0 Å². The minimum Gasteiger partial charge on any atom is -0.481 e. The van der Waals surface area contributed by atoms with Gasteiger partial charge in [0.1, 0.15) is 18.1 Å². The Morgan fingerprint density at radius 1 is 0.860 bits per heavy atom. The molecule has 0 saturated carbocycles. The lowest BCUT2D eigenvalue weighted by Gasteiger charge is -2.25. The highest BCUT2D eigenvalue weighted by Gasteiger charge is 2.31. The van der Waals surface area contributed by atoms with Crippen LogP contribution in [0.25, 0.3) is 10.9 Å². The van der Waals surface area contributed by atoms with Gasteiger partial charge in [-0.3, -0.25) is 24.2 Å². The van der Waals surface area contributed by atoms with Gasteiger partial charge in [-0.05, 0) is 56.7 Å². The van der Waals surface area contributed by atoms with E-state index in [9.17, 15) is 29.1 Å². The minimum atomic E-state index is -1.73. The van der Waals surface area contributed by atoms with Crippen LogP contribution in [0.15, 0.2) is 35.5 Å². The summed E-state index contributed by atoms with van der Waals surface area (Å²) in [4.78, 5) is 69.0. The molecule has 0 fully saturated rings. The van der Waals surface area contributed by atoms with Crippen molar-refractivity contribution in [3.05, 3.63) is 36.0 Å². The summed E-state index contributed by atoms with van der Waals surface area (Å²) in [7, 11) is 0. The van der Waals surface area contributed by atoms with E-state index in [1.54, 1.807) is 6.20 Å². The zero-order chi connectivity index (χ0) is 31.9. The largest absolute Gasteiger partial charge is 0.481 e. The number of carbonyl (C=O) groups is 5. The van der Waals surface area contributed by atoms with Gasteiger partial charge in [0.2, 0.25) is 17.7 Å². The fraction of sp³-hybridized carbons (Fsp3) is 0.481. The summed E-state index contributed by atoms with van der Waals surface area (Å²) in [5.41, 5.74) is 24.2. The number of aliphatic imine (C=N–C) groups is 1. The van der Waals surface area contributed by atoms with E-state index in [4.69, 9.17) is 28.0 Å². The molecule has 4 atom stereocenters. The maximum Gasteiger partial charge on any atom is 0.326 e. The van der Waals surface area contributed by atoms with Gasteiger partial charge < -0.3 is 54.1 Å². The molecule has 43 heavy (non-hydrogen) atoms. The number of aromatic amines is 1. The normalized spacial score (nSPS) is 13.7. The van der Waals surface area contributed by atoms with Crippen molar-refractivity contribution >= 4 is 46.5 Å². The van der Waals surface area contributed by atoms with Gasteiger partial charge in [0.25, 0.3) is 0 Å². The van der Waals surface area contributed by atoms with Crippen molar-refractivity contribution < 1.29 is 34.2 Å². The summed E-state index contributed by atoms with van der Waals surface area (Å²) >= 11 is 0. The van der Waals surface area contributed by atoms with Crippen molar-refractivity contribution in [3.63, 3.8) is 0 Å². The summed E-state index contributed by atoms with van der Waals surface area (Å²) in [6.07, 6.45) is 2.53. The van der Waals surface area contributed by atoms with Crippen molar-refractivity contribution in [1.29, 1.82) is 0 Å². The molecule has 4 unspecified atom stereocenters. The number of benzene rings is 1. The van der Waals surface area contributed by atoms with Crippen molar-refractivity contribution in [1.82, 2.24) is 20.9 Å². The van der Waals surface area contributed by atoms with Gasteiger partial charge in [-0.25, -0.2) is 4.79 Å². The first-order chi connectivity index (χ1) is 20.4. The number of unbranched alkanes of at least 4 members (excludes halogenated alkanes) is 1. The monoisotopic (exact) mass is 603 g/mol. The summed E-state index contributed by atoms with van der Waals surface area (Å²) in [5.74, 6) is -5.39. The molecule has 1 aromatic carbocycles. The van der Waals surface area contributed by atoms with E-state index in [0.29, 0.717) is 19.4 Å². The predicted molar refractivity (Wildman–Crippen MR) is 158 cm³/mol. The number of nitrogens with zero attached hydrogens (tertiary/aromatic N) is 1. The Kier molecular flexibility index (Phi) is 13.9. The van der Waals surface area contributed by atoms with E-state index in [1.165, 1.54) is 0 Å². The highest BCUT2D eigenvalue weighted by Crippen LogP contribution is 2.19. The number of nitrogens with two attached hydrogens (primary N) is 4. The van der Waals surface area contributed by atoms with E-state index >= 15 is 0 Å². The molecule has 0 aliphatic rings. The van der Waals surface area contributed by atoms with Gasteiger partial charge in [0.15, 0.2) is 5.96 Å². The molecule has 0 bridgehead atoms. The van der Waals surface area contributed by atoms with Gasteiger partial charge in [0, 0.05) is 23.6 Å². The maximum atomic E-state index is 13.4. The van der Waals surface area contributed by atoms with Crippen LogP contribution in [0, 0.1) is 0 Å². The number of carboxylic acids is 2. The van der Waals surface area contributed by atoms with Crippen LogP contribution in [0.2, 0.25) is 0 Å². The second-order valence-electron chi connectivity index (χ2n) is 10.0. The Hall–Kier alpha value is -4.70. The predicted octanol–water partition coefficient (Wildman–Crippen LogP) is -1.77. The number of hydrogen-bond acceptors (Lipinski definition) is 8. The number of aromatic nitrogens is 1. The molecular formula is C27H41N9O7. The second kappa shape index (κ2) is 17.3. The molecule has 0 aliphatic carbocycles. The van der Waals surface area contributed by atoms with Gasteiger partial charge in [-0.1, -0.05) is 18.2 Å². The van der Waals surface area contributed by atoms with Crippen LogP contribution in [-0.4, -0.2) is 88.1 Å². The van der Waals surface area contributed by atoms with Gasteiger partial charge in [0.05, 0.1) is 12.5 Å². The second-order valence-corrected chi connectivity index (χ2v) is 10.0. The number of guanidine groups is 1. The fourth-order valence-corrected chi connectivity index (χ4v) is 4.36. The Balaban J connectivity index is 2.17. The molecule has 2 rings (SSSR count). The van der Waals surface area contributed by atoms with Crippen LogP contribution in [0.3, 0.4) is 0 Å². The quantitative estimate of drug-likeness (QED) is 0.0487. The molecule has 16 heteroatoms. The molecule has 0 saturated heterocycles. The smallest absolute Gasteiger partial charge is 0.326 e. The number of rotatable bonds is 19. The molecule has 1 heterocycles. The number of H-pyrrole nitrogens is 1. The summed E-state index contributed by atoms with van der Waals surface area (Å²) in [6.45, 7) is 0.469. The lowest BCUT2D eigenvalue weighted by molar-refractivity contribution is -0.147. The molecule has 3 amide bonds. The third-order valence-electron chi connectivity index (χ3n) is 6.60. The lowest BCUT2D eigenvalue weighted by Crippen LogP contribution is -2.57. The first kappa shape index (κ1) is 34.5. The molecule has 0 aliphatic heterocycles. The molecule has 236 valence electrons. The third-order valence-corrected chi connectivity index (χ3v) is 6.60. The number of carboxylic acid groups (broad SMARTS) is 2. The highest BCUT2D eigenvalue weighted by molar-refractivity contribution is 5.95. The summed E-state index contributed by atoms with van der Waals surface area (Å²) in [5, 5.41) is 26.6. The minimum absolute atomic E-state index is 0.0166. The van der Waals surface area contributed by atoms with E-state index in [-0.39, 0.29) is 38.2 Å². The van der Waals surface area contributed by atoms with E-state index < -0.39 is 60.2 Å². The fourth-order valence-electron chi connectivity index (χ4n) is 4.36. The van der Waals surface area contributed by atoms with Crippen LogP contribution in [0.1, 0.15) is 44.1 Å². The molecule has 0 radical (unpaired) electrons. The number of hydrogen-bond donors (Lipinski definition) is 10. The van der Waals surface area contributed by atoms with Gasteiger partial charge >= 0.3 is 11.9 Å². The molecule has 2 aromatic rings. The number of amides is 3. The molecular weight excluding hydrogens is 562 g/mol. The number of para-hydroxylation sites is 1. The number of fused-ring (bicyclic) bond motifs is 1. The first-order valence-electron chi connectivity index (χ1n) is 13.8. The van der Waals surface area contributed by atoms with Crippen molar-refractivity contribution in [3.8, 4) is 0 Å². The van der Waals surface area contributed by atoms with Gasteiger partial charge in [-0.2, -0.15) is 0 Å². The average Bonchev–Trinajstić information content (AvgIpc) is 3.35. The average molecular weight is 604 g/mol. The molecule has 14 N–H and O–H groups in total. The standard InChI is InChI=1S/C27H41N9O7/c28-10-4-3-8-19(34-23(39)17(29)12-15-14-33-18-7-2-1-6-16(15)18)24(40)35-20(9-5-11-32-27(30)31)25(41)36-21(26(42)43)13-22(37)38/h1-2,6-7,14,17,19-21,33H,3-5,8-13,28-29H2,(H,34,39)(H,35,40)(H,36,41)(H,37,38)(H,42,43)(H4,30,31,32). The summed E-state index contributed by atoms with van der Waals surface area (Å²) < 4.78 is 0. The number of nitrogens with one attached hydrogen (secondary N) is 4. The Bertz CT molecular complexity index is 1290. The van der Waals surface area contributed by atoms with Crippen molar-refractivity contribution in [2.24, 2.45) is 27.9 Å². The Morgan fingerprint density at radius 3 is 2.07 bits per heavy atom. The van der Waals surface area contributed by atoms with Crippen LogP contribution < -0.4 is 38.9 Å². The number of carbonyl (C=O) groups excluding carboxylic acids is 3. The summed E-state index contributed by atoms with van der Waals surface area (Å²) in [6, 6.07) is 2.45. The maximum absolute atomic E-state index is 13.4. The number of aliphatic carboxylic acids is 2. The Morgan fingerprint density at radius 2 is 1.47 bits per heavy atom.